The first-order chi connectivity index (χ1) is 11.3. The lowest BCUT2D eigenvalue weighted by molar-refractivity contribution is 0.108. The van der Waals surface area contributed by atoms with Gasteiger partial charge >= 0.3 is 0 Å². The van der Waals surface area contributed by atoms with Crippen molar-refractivity contribution in [2.24, 2.45) is 0 Å². The molecule has 0 saturated carbocycles. The van der Waals surface area contributed by atoms with Crippen LogP contribution in [-0.2, 0) is 23.0 Å². The molecular weight excluding hydrogens is 364 g/mol. The lowest BCUT2D eigenvalue weighted by atomic mass is 9.94. The van der Waals surface area contributed by atoms with Crippen LogP contribution in [0.5, 0.6) is 0 Å². The summed E-state index contributed by atoms with van der Waals surface area (Å²) in [7, 11) is -3.51. The SMILES string of the molecule is CC(C)(CNS(=O)(=O)c1ccc(Cl)s1)N1CCc2ccccc2C1. The molecule has 24 heavy (non-hydrogen) atoms. The molecule has 0 aliphatic carbocycles. The molecule has 2 aromatic rings. The molecule has 1 aliphatic rings. The van der Waals surface area contributed by atoms with E-state index in [-0.39, 0.29) is 9.75 Å². The molecule has 4 nitrogen and oxygen atoms in total. The number of nitrogens with zero attached hydrogens (tertiary/aromatic N) is 1. The second-order valence-corrected chi connectivity index (χ2v) is 10.3. The highest BCUT2D eigenvalue weighted by Gasteiger charge is 2.31. The minimum atomic E-state index is -3.51. The highest BCUT2D eigenvalue weighted by molar-refractivity contribution is 7.91. The standard InChI is InChI=1S/C17H21ClN2O2S2/c1-17(2,12-19-24(21,22)16-8-7-15(18)23-16)20-10-9-13-5-3-4-6-14(13)11-20/h3-8,19H,9-12H2,1-2H3. The van der Waals surface area contributed by atoms with Crippen molar-refractivity contribution in [2.45, 2.75) is 36.6 Å². The van der Waals surface area contributed by atoms with Gasteiger partial charge in [0.2, 0.25) is 10.0 Å². The van der Waals surface area contributed by atoms with Gasteiger partial charge in [0, 0.05) is 25.2 Å². The molecular formula is C17H21ClN2O2S2. The van der Waals surface area contributed by atoms with E-state index in [0.29, 0.717) is 10.9 Å². The molecule has 3 rings (SSSR count). The van der Waals surface area contributed by atoms with Gasteiger partial charge in [-0.3, -0.25) is 4.90 Å². The fourth-order valence-electron chi connectivity index (χ4n) is 2.91. The van der Waals surface area contributed by atoms with Crippen molar-refractivity contribution in [1.29, 1.82) is 0 Å². The van der Waals surface area contributed by atoms with E-state index in [0.717, 1.165) is 30.8 Å². The fraction of sp³-hybridized carbons (Fsp3) is 0.412. The number of rotatable bonds is 5. The molecule has 1 aromatic carbocycles. The van der Waals surface area contributed by atoms with Gasteiger partial charge in [0.1, 0.15) is 4.21 Å². The van der Waals surface area contributed by atoms with Crippen LogP contribution in [0.4, 0.5) is 0 Å². The number of hydrogen-bond acceptors (Lipinski definition) is 4. The normalized spacial score (nSPS) is 16.1. The van der Waals surface area contributed by atoms with E-state index in [1.807, 2.05) is 0 Å². The van der Waals surface area contributed by atoms with E-state index >= 15 is 0 Å². The Morgan fingerprint density at radius 3 is 2.58 bits per heavy atom. The summed E-state index contributed by atoms with van der Waals surface area (Å²) in [6.07, 6.45) is 0.993. The summed E-state index contributed by atoms with van der Waals surface area (Å²) >= 11 is 6.92. The van der Waals surface area contributed by atoms with Crippen LogP contribution in [-0.4, -0.2) is 31.9 Å². The lowest BCUT2D eigenvalue weighted by Crippen LogP contribution is -2.53. The van der Waals surface area contributed by atoms with Crippen LogP contribution in [0.1, 0.15) is 25.0 Å². The average molecular weight is 385 g/mol. The van der Waals surface area contributed by atoms with Crippen LogP contribution in [0.2, 0.25) is 4.34 Å². The molecule has 0 fully saturated rings. The first-order valence-electron chi connectivity index (χ1n) is 7.85. The largest absolute Gasteiger partial charge is 0.292 e. The van der Waals surface area contributed by atoms with Gasteiger partial charge in [-0.05, 0) is 43.5 Å². The maximum absolute atomic E-state index is 12.4. The Morgan fingerprint density at radius 1 is 1.21 bits per heavy atom. The summed E-state index contributed by atoms with van der Waals surface area (Å²) in [6.45, 7) is 6.27. The molecule has 0 amide bonds. The van der Waals surface area contributed by atoms with E-state index in [9.17, 15) is 8.42 Å². The highest BCUT2D eigenvalue weighted by Crippen LogP contribution is 2.27. The minimum Gasteiger partial charge on any atom is -0.292 e. The predicted molar refractivity (Wildman–Crippen MR) is 99.2 cm³/mol. The molecule has 1 aromatic heterocycles. The number of thiophene rings is 1. The molecule has 1 aliphatic heterocycles. The summed E-state index contributed by atoms with van der Waals surface area (Å²) in [5.74, 6) is 0. The topological polar surface area (TPSA) is 49.4 Å². The number of nitrogens with one attached hydrogen (secondary N) is 1. The van der Waals surface area contributed by atoms with E-state index in [1.165, 1.54) is 11.1 Å². The zero-order chi connectivity index (χ0) is 17.4. The Balaban J connectivity index is 1.68. The fourth-order valence-corrected chi connectivity index (χ4v) is 5.64. The maximum Gasteiger partial charge on any atom is 0.250 e. The molecule has 7 heteroatoms. The Kier molecular flexibility index (Phi) is 5.04. The van der Waals surface area contributed by atoms with E-state index in [4.69, 9.17) is 11.6 Å². The van der Waals surface area contributed by atoms with Crippen LogP contribution in [0.25, 0.3) is 0 Å². The van der Waals surface area contributed by atoms with Crippen LogP contribution in [0.3, 0.4) is 0 Å². The molecule has 0 bridgehead atoms. The molecule has 0 atom stereocenters. The van der Waals surface area contributed by atoms with Crippen molar-refractivity contribution < 1.29 is 8.42 Å². The summed E-state index contributed by atoms with van der Waals surface area (Å²) < 4.78 is 28.3. The number of fused-ring (bicyclic) bond motifs is 1. The minimum absolute atomic E-state index is 0.257. The van der Waals surface area contributed by atoms with E-state index in [1.54, 1.807) is 12.1 Å². The number of hydrogen-bond donors (Lipinski definition) is 1. The zero-order valence-electron chi connectivity index (χ0n) is 13.8. The van der Waals surface area contributed by atoms with Gasteiger partial charge in [0.25, 0.3) is 0 Å². The Morgan fingerprint density at radius 2 is 1.92 bits per heavy atom. The van der Waals surface area contributed by atoms with Crippen molar-refractivity contribution in [3.8, 4) is 0 Å². The third-order valence-electron chi connectivity index (χ3n) is 4.49. The van der Waals surface area contributed by atoms with Gasteiger partial charge < -0.3 is 0 Å². The van der Waals surface area contributed by atoms with Gasteiger partial charge in [-0.1, -0.05) is 35.9 Å². The predicted octanol–water partition coefficient (Wildman–Crippen LogP) is 3.52. The molecule has 1 N–H and O–H groups in total. The quantitative estimate of drug-likeness (QED) is 0.858. The third-order valence-corrected chi connectivity index (χ3v) is 7.62. The number of halogens is 1. The highest BCUT2D eigenvalue weighted by atomic mass is 35.5. The summed E-state index contributed by atoms with van der Waals surface area (Å²) in [6, 6.07) is 11.6. The third kappa shape index (κ3) is 3.83. The summed E-state index contributed by atoms with van der Waals surface area (Å²) in [5.41, 5.74) is 2.44. The van der Waals surface area contributed by atoms with Crippen LogP contribution < -0.4 is 4.72 Å². The van der Waals surface area contributed by atoms with Crippen LogP contribution in [0.15, 0.2) is 40.6 Å². The zero-order valence-corrected chi connectivity index (χ0v) is 16.1. The van der Waals surface area contributed by atoms with Crippen molar-refractivity contribution in [3.63, 3.8) is 0 Å². The summed E-state index contributed by atoms with van der Waals surface area (Å²) in [4.78, 5) is 2.33. The average Bonchev–Trinajstić information content (AvgIpc) is 3.00. The van der Waals surface area contributed by atoms with Crippen molar-refractivity contribution >= 4 is 33.0 Å². The molecule has 0 unspecified atom stereocenters. The molecule has 0 spiro atoms. The molecule has 0 saturated heterocycles. The first-order valence-corrected chi connectivity index (χ1v) is 10.5. The van der Waals surface area contributed by atoms with Crippen LogP contribution in [0, 0.1) is 0 Å². The molecule has 0 radical (unpaired) electrons. The first kappa shape index (κ1) is 17.9. The lowest BCUT2D eigenvalue weighted by Gasteiger charge is -2.41. The van der Waals surface area contributed by atoms with Gasteiger partial charge in [-0.15, -0.1) is 11.3 Å². The number of sulfonamides is 1. The Labute approximate surface area is 152 Å². The van der Waals surface area contributed by atoms with Crippen molar-refractivity contribution in [1.82, 2.24) is 9.62 Å². The van der Waals surface area contributed by atoms with E-state index < -0.39 is 10.0 Å². The van der Waals surface area contributed by atoms with Gasteiger partial charge in [0.15, 0.2) is 0 Å². The smallest absolute Gasteiger partial charge is 0.250 e. The second kappa shape index (κ2) is 6.77. The van der Waals surface area contributed by atoms with Gasteiger partial charge in [-0.2, -0.15) is 0 Å². The van der Waals surface area contributed by atoms with Gasteiger partial charge in [-0.25, -0.2) is 13.1 Å². The molecule has 2 heterocycles. The molecule has 130 valence electrons. The van der Waals surface area contributed by atoms with E-state index in [2.05, 4.69) is 47.7 Å². The monoisotopic (exact) mass is 384 g/mol. The van der Waals surface area contributed by atoms with Crippen molar-refractivity contribution in [2.75, 3.05) is 13.1 Å². The Bertz CT molecular complexity index is 831. The van der Waals surface area contributed by atoms with Crippen molar-refractivity contribution in [3.05, 3.63) is 51.9 Å². The second-order valence-electron chi connectivity index (χ2n) is 6.64. The Hall–Kier alpha value is -0.920. The van der Waals surface area contributed by atoms with Gasteiger partial charge in [0.05, 0.1) is 4.34 Å². The van der Waals surface area contributed by atoms with Crippen LogP contribution >= 0.6 is 22.9 Å². The summed E-state index contributed by atoms with van der Waals surface area (Å²) in [5, 5.41) is 0. The number of benzene rings is 1. The maximum atomic E-state index is 12.4.